The van der Waals surface area contributed by atoms with E-state index in [1.165, 1.54) is 5.70 Å². The average Bonchev–Trinajstić information content (AvgIpc) is 2.42. The topological polar surface area (TPSA) is 20.3 Å². The quantitative estimate of drug-likeness (QED) is 0.563. The van der Waals surface area contributed by atoms with Gasteiger partial charge in [-0.2, -0.15) is 0 Å². The van der Waals surface area contributed by atoms with Gasteiger partial charge in [0.15, 0.2) is 0 Å². The minimum Gasteiger partial charge on any atom is -0.371 e. The number of nitrogens with zero attached hydrogens (tertiary/aromatic N) is 1. The lowest BCUT2D eigenvalue weighted by Crippen LogP contribution is -2.29. The van der Waals surface area contributed by atoms with Crippen LogP contribution in [0.4, 0.5) is 0 Å². The molecular formula is C11H13NO. The van der Waals surface area contributed by atoms with E-state index in [1.807, 2.05) is 12.2 Å². The van der Waals surface area contributed by atoms with Gasteiger partial charge in [0, 0.05) is 24.2 Å². The molecule has 0 bridgehead atoms. The Balaban J connectivity index is 2.30. The molecule has 0 N–H and O–H groups in total. The normalized spacial score (nSPS) is 31.1. The van der Waals surface area contributed by atoms with Crippen LogP contribution in [-0.2, 0) is 4.79 Å². The summed E-state index contributed by atoms with van der Waals surface area (Å²) >= 11 is 0. The van der Waals surface area contributed by atoms with Crippen LogP contribution in [0, 0.1) is 5.92 Å². The van der Waals surface area contributed by atoms with Crippen LogP contribution in [0.5, 0.6) is 0 Å². The van der Waals surface area contributed by atoms with Crippen molar-refractivity contribution in [3.63, 3.8) is 0 Å². The van der Waals surface area contributed by atoms with Crippen LogP contribution < -0.4 is 0 Å². The minimum atomic E-state index is 0.384. The predicted molar refractivity (Wildman–Crippen MR) is 52.1 cm³/mol. The highest BCUT2D eigenvalue weighted by atomic mass is 16.1. The van der Waals surface area contributed by atoms with Gasteiger partial charge in [-0.15, -0.1) is 0 Å². The Morgan fingerprint density at radius 2 is 2.23 bits per heavy atom. The van der Waals surface area contributed by atoms with Crippen LogP contribution in [0.1, 0.15) is 6.92 Å². The highest BCUT2D eigenvalue weighted by Gasteiger charge is 2.28. The molecule has 1 aliphatic carbocycles. The molecule has 2 unspecified atom stereocenters. The van der Waals surface area contributed by atoms with Crippen molar-refractivity contribution in [2.75, 3.05) is 7.05 Å². The number of hydrogen-bond donors (Lipinski definition) is 0. The highest BCUT2D eigenvalue weighted by molar-refractivity contribution is 5.78. The number of carbonyl (C=O) groups excluding carboxylic acids is 1. The summed E-state index contributed by atoms with van der Waals surface area (Å²) in [7, 11) is 2.08. The number of allylic oxidation sites excluding steroid dienone is 3. The van der Waals surface area contributed by atoms with Crippen molar-refractivity contribution in [1.82, 2.24) is 4.90 Å². The van der Waals surface area contributed by atoms with Gasteiger partial charge in [-0.3, -0.25) is 4.79 Å². The summed E-state index contributed by atoms with van der Waals surface area (Å²) in [6, 6.07) is 0.420. The van der Waals surface area contributed by atoms with E-state index >= 15 is 0 Å². The second kappa shape index (κ2) is 2.87. The van der Waals surface area contributed by atoms with Gasteiger partial charge in [0.25, 0.3) is 0 Å². The Morgan fingerprint density at radius 1 is 1.46 bits per heavy atom. The average molecular weight is 175 g/mol. The molecule has 0 aromatic carbocycles. The maximum absolute atomic E-state index is 10.6. The molecule has 2 nitrogen and oxygen atoms in total. The molecule has 0 aromatic heterocycles. The maximum atomic E-state index is 10.6. The lowest BCUT2D eigenvalue weighted by molar-refractivity contribution is -0.104. The first kappa shape index (κ1) is 8.30. The summed E-state index contributed by atoms with van der Waals surface area (Å²) in [5, 5.41) is 0. The third-order valence-corrected chi connectivity index (χ3v) is 2.84. The van der Waals surface area contributed by atoms with E-state index in [-0.39, 0.29) is 0 Å². The first-order chi connectivity index (χ1) is 6.22. The number of fused-ring (bicyclic) bond motifs is 1. The maximum Gasteiger partial charge on any atom is 0.149 e. The van der Waals surface area contributed by atoms with Gasteiger partial charge < -0.3 is 4.90 Å². The van der Waals surface area contributed by atoms with Crippen molar-refractivity contribution in [3.8, 4) is 0 Å². The van der Waals surface area contributed by atoms with Gasteiger partial charge in [-0.25, -0.2) is 0 Å². The third-order valence-electron chi connectivity index (χ3n) is 2.84. The van der Waals surface area contributed by atoms with Gasteiger partial charge in [-0.05, 0) is 6.92 Å². The summed E-state index contributed by atoms with van der Waals surface area (Å²) in [6.07, 6.45) is 9.15. The first-order valence-corrected chi connectivity index (χ1v) is 4.49. The molecule has 1 aliphatic heterocycles. The molecule has 2 atom stereocenters. The van der Waals surface area contributed by atoms with Crippen LogP contribution in [0.2, 0.25) is 0 Å². The molecule has 0 radical (unpaired) electrons. The summed E-state index contributed by atoms with van der Waals surface area (Å²) in [5.74, 6) is 0.384. The second-order valence-electron chi connectivity index (χ2n) is 3.63. The van der Waals surface area contributed by atoms with Crippen LogP contribution >= 0.6 is 0 Å². The third kappa shape index (κ3) is 1.22. The number of likely N-dealkylation sites (N-methyl/N-ethyl adjacent to an activating group) is 1. The van der Waals surface area contributed by atoms with E-state index in [0.717, 1.165) is 11.9 Å². The van der Waals surface area contributed by atoms with Gasteiger partial charge in [-0.1, -0.05) is 24.3 Å². The number of rotatable bonds is 1. The Hall–Kier alpha value is -1.31. The summed E-state index contributed by atoms with van der Waals surface area (Å²) in [5.41, 5.74) is 2.07. The standard InChI is InChI=1S/C11H13NO/c1-8-5-10-6-9(7-13)3-4-11(10)12(8)2/h3-7,10-11H,1-2H3. The lowest BCUT2D eigenvalue weighted by atomic mass is 9.93. The fourth-order valence-electron chi connectivity index (χ4n) is 1.96. The number of carbonyl (C=O) groups is 1. The van der Waals surface area contributed by atoms with Crippen molar-refractivity contribution in [2.24, 2.45) is 5.92 Å². The van der Waals surface area contributed by atoms with E-state index in [1.54, 1.807) is 0 Å². The van der Waals surface area contributed by atoms with Crippen molar-refractivity contribution in [2.45, 2.75) is 13.0 Å². The first-order valence-electron chi connectivity index (χ1n) is 4.49. The molecule has 0 saturated carbocycles. The SMILES string of the molecule is CC1=CC2C=C(C=O)C=CC2N1C. The molecule has 68 valence electrons. The Bertz CT molecular complexity index is 325. The monoisotopic (exact) mass is 175 g/mol. The molecule has 0 amide bonds. The zero-order chi connectivity index (χ0) is 9.42. The Labute approximate surface area is 78.2 Å². The largest absolute Gasteiger partial charge is 0.371 e. The van der Waals surface area contributed by atoms with Crippen LogP contribution in [0.3, 0.4) is 0 Å². The molecule has 2 aliphatic rings. The summed E-state index contributed by atoms with van der Waals surface area (Å²) < 4.78 is 0. The van der Waals surface area contributed by atoms with Crippen molar-refractivity contribution in [3.05, 3.63) is 35.6 Å². The van der Waals surface area contributed by atoms with Gasteiger partial charge in [0.1, 0.15) is 6.29 Å². The van der Waals surface area contributed by atoms with Crippen LogP contribution in [0.25, 0.3) is 0 Å². The van der Waals surface area contributed by atoms with Crippen molar-refractivity contribution in [1.29, 1.82) is 0 Å². The molecule has 0 fully saturated rings. The van der Waals surface area contributed by atoms with Gasteiger partial charge >= 0.3 is 0 Å². The molecule has 1 heterocycles. The molecule has 0 spiro atoms. The zero-order valence-electron chi connectivity index (χ0n) is 7.90. The molecule has 2 heteroatoms. The fraction of sp³-hybridized carbons (Fsp3) is 0.364. The van der Waals surface area contributed by atoms with E-state index in [2.05, 4.69) is 31.0 Å². The molecule has 2 rings (SSSR count). The van der Waals surface area contributed by atoms with Crippen molar-refractivity contribution >= 4 is 6.29 Å². The molecular weight excluding hydrogens is 162 g/mol. The van der Waals surface area contributed by atoms with Crippen LogP contribution in [-0.4, -0.2) is 24.3 Å². The molecule has 0 saturated heterocycles. The van der Waals surface area contributed by atoms with E-state index < -0.39 is 0 Å². The molecule has 13 heavy (non-hydrogen) atoms. The van der Waals surface area contributed by atoms with Crippen molar-refractivity contribution < 1.29 is 4.79 Å². The summed E-state index contributed by atoms with van der Waals surface area (Å²) in [6.45, 7) is 2.10. The Kier molecular flexibility index (Phi) is 1.83. The van der Waals surface area contributed by atoms with E-state index in [9.17, 15) is 4.79 Å². The van der Waals surface area contributed by atoms with Gasteiger partial charge in [0.05, 0.1) is 6.04 Å². The molecule has 0 aromatic rings. The number of aldehydes is 1. The highest BCUT2D eigenvalue weighted by Crippen LogP contribution is 2.30. The van der Waals surface area contributed by atoms with Gasteiger partial charge in [0.2, 0.25) is 0 Å². The fourth-order valence-corrected chi connectivity index (χ4v) is 1.96. The Morgan fingerprint density at radius 3 is 2.92 bits per heavy atom. The zero-order valence-corrected chi connectivity index (χ0v) is 7.90. The minimum absolute atomic E-state index is 0.384. The van der Waals surface area contributed by atoms with Crippen LogP contribution in [0.15, 0.2) is 35.6 Å². The van der Waals surface area contributed by atoms with E-state index in [0.29, 0.717) is 12.0 Å². The summed E-state index contributed by atoms with van der Waals surface area (Å²) in [4.78, 5) is 12.8. The number of hydrogen-bond acceptors (Lipinski definition) is 2. The second-order valence-corrected chi connectivity index (χ2v) is 3.63. The lowest BCUT2D eigenvalue weighted by Gasteiger charge is -2.26. The smallest absolute Gasteiger partial charge is 0.149 e. The van der Waals surface area contributed by atoms with E-state index in [4.69, 9.17) is 0 Å². The predicted octanol–water partition coefficient (Wildman–Crippen LogP) is 1.52.